The molecule has 1 aliphatic heterocycles. The SMILES string of the molecule is Cc1ccc(S(=O)(=O)NC2C3CNCC32)c(C)c1.Cl. The molecule has 1 saturated carbocycles. The molecule has 3 rings (SSSR count). The largest absolute Gasteiger partial charge is 0.316 e. The molecule has 19 heavy (non-hydrogen) atoms. The lowest BCUT2D eigenvalue weighted by Crippen LogP contribution is -2.32. The highest BCUT2D eigenvalue weighted by atomic mass is 35.5. The third-order valence-corrected chi connectivity index (χ3v) is 5.62. The molecule has 4 nitrogen and oxygen atoms in total. The highest BCUT2D eigenvalue weighted by Gasteiger charge is 2.54. The number of aryl methyl sites for hydroxylation is 2. The third-order valence-electron chi connectivity index (χ3n) is 4.00. The van der Waals surface area contributed by atoms with Crippen molar-refractivity contribution in [3.63, 3.8) is 0 Å². The summed E-state index contributed by atoms with van der Waals surface area (Å²) in [5.41, 5.74) is 1.89. The van der Waals surface area contributed by atoms with Crippen molar-refractivity contribution in [2.75, 3.05) is 13.1 Å². The second-order valence-electron chi connectivity index (χ2n) is 5.40. The van der Waals surface area contributed by atoms with Crippen LogP contribution in [0, 0.1) is 25.7 Å². The molecule has 0 spiro atoms. The van der Waals surface area contributed by atoms with Crippen LogP contribution < -0.4 is 10.0 Å². The van der Waals surface area contributed by atoms with Gasteiger partial charge in [-0.3, -0.25) is 0 Å². The van der Waals surface area contributed by atoms with Crippen LogP contribution in [0.4, 0.5) is 0 Å². The fourth-order valence-corrected chi connectivity index (χ4v) is 4.50. The molecule has 2 atom stereocenters. The number of fused-ring (bicyclic) bond motifs is 1. The minimum absolute atomic E-state index is 0. The molecule has 2 fully saturated rings. The van der Waals surface area contributed by atoms with E-state index in [-0.39, 0.29) is 18.4 Å². The zero-order valence-corrected chi connectivity index (χ0v) is 12.6. The Morgan fingerprint density at radius 2 is 1.84 bits per heavy atom. The van der Waals surface area contributed by atoms with Crippen LogP contribution in [0.5, 0.6) is 0 Å². The van der Waals surface area contributed by atoms with Gasteiger partial charge in [0.25, 0.3) is 0 Å². The second-order valence-corrected chi connectivity index (χ2v) is 7.08. The summed E-state index contributed by atoms with van der Waals surface area (Å²) in [5.74, 6) is 0.982. The number of nitrogens with one attached hydrogen (secondary N) is 2. The van der Waals surface area contributed by atoms with Gasteiger partial charge in [-0.1, -0.05) is 17.7 Å². The summed E-state index contributed by atoms with van der Waals surface area (Å²) in [5, 5.41) is 3.26. The van der Waals surface area contributed by atoms with E-state index >= 15 is 0 Å². The lowest BCUT2D eigenvalue weighted by atomic mass is 10.2. The molecule has 0 aromatic heterocycles. The predicted molar refractivity (Wildman–Crippen MR) is 77.1 cm³/mol. The van der Waals surface area contributed by atoms with E-state index in [0.717, 1.165) is 24.2 Å². The summed E-state index contributed by atoms with van der Waals surface area (Å²) in [4.78, 5) is 0.408. The smallest absolute Gasteiger partial charge is 0.241 e. The minimum Gasteiger partial charge on any atom is -0.316 e. The molecule has 1 aliphatic carbocycles. The van der Waals surface area contributed by atoms with E-state index in [1.54, 1.807) is 6.07 Å². The first-order chi connectivity index (χ1) is 8.49. The second kappa shape index (κ2) is 5.05. The van der Waals surface area contributed by atoms with E-state index in [0.29, 0.717) is 16.7 Å². The van der Waals surface area contributed by atoms with Gasteiger partial charge in [0.15, 0.2) is 0 Å². The van der Waals surface area contributed by atoms with Crippen LogP contribution in [-0.2, 0) is 10.0 Å². The molecule has 2 unspecified atom stereocenters. The lowest BCUT2D eigenvalue weighted by molar-refractivity contribution is 0.564. The maximum Gasteiger partial charge on any atom is 0.241 e. The van der Waals surface area contributed by atoms with E-state index in [1.165, 1.54) is 0 Å². The van der Waals surface area contributed by atoms with Crippen molar-refractivity contribution in [2.45, 2.75) is 24.8 Å². The van der Waals surface area contributed by atoms with E-state index in [2.05, 4.69) is 10.0 Å². The molecule has 1 aromatic rings. The van der Waals surface area contributed by atoms with Crippen molar-refractivity contribution in [3.8, 4) is 0 Å². The fourth-order valence-electron chi connectivity index (χ4n) is 2.94. The number of piperidine rings is 1. The third kappa shape index (κ3) is 2.65. The Morgan fingerprint density at radius 1 is 1.21 bits per heavy atom. The van der Waals surface area contributed by atoms with Gasteiger partial charge in [-0.25, -0.2) is 13.1 Å². The number of hydrogen-bond donors (Lipinski definition) is 2. The molecular weight excluding hydrogens is 284 g/mol. The Bertz CT molecular complexity index is 578. The predicted octanol–water partition coefficient (Wildman–Crippen LogP) is 1.22. The molecule has 106 valence electrons. The molecule has 6 heteroatoms. The molecule has 0 radical (unpaired) electrons. The normalized spacial score (nSPS) is 28.6. The van der Waals surface area contributed by atoms with Gasteiger partial charge < -0.3 is 5.32 Å². The summed E-state index contributed by atoms with van der Waals surface area (Å²) in [6.45, 7) is 5.68. The van der Waals surface area contributed by atoms with Crippen molar-refractivity contribution in [1.82, 2.24) is 10.0 Å². The molecule has 1 saturated heterocycles. The first-order valence-corrected chi connectivity index (χ1v) is 7.78. The molecule has 2 aliphatic rings. The average molecular weight is 303 g/mol. The zero-order valence-electron chi connectivity index (χ0n) is 11.0. The summed E-state index contributed by atoms with van der Waals surface area (Å²) < 4.78 is 27.5. The Hall–Kier alpha value is -0.620. The van der Waals surface area contributed by atoms with Gasteiger partial charge >= 0.3 is 0 Å². The van der Waals surface area contributed by atoms with Crippen molar-refractivity contribution in [3.05, 3.63) is 29.3 Å². The van der Waals surface area contributed by atoms with E-state index in [9.17, 15) is 8.42 Å². The molecule has 2 N–H and O–H groups in total. The summed E-state index contributed by atoms with van der Waals surface area (Å²) in [6.07, 6.45) is 0. The van der Waals surface area contributed by atoms with Crippen molar-refractivity contribution in [2.24, 2.45) is 11.8 Å². The number of sulfonamides is 1. The quantitative estimate of drug-likeness (QED) is 0.883. The minimum atomic E-state index is -3.36. The zero-order chi connectivity index (χ0) is 12.9. The van der Waals surface area contributed by atoms with E-state index < -0.39 is 10.0 Å². The number of rotatable bonds is 3. The van der Waals surface area contributed by atoms with Crippen LogP contribution >= 0.6 is 12.4 Å². The van der Waals surface area contributed by atoms with Crippen LogP contribution in [0.1, 0.15) is 11.1 Å². The molecule has 0 amide bonds. The Kier molecular flexibility index (Phi) is 3.93. The van der Waals surface area contributed by atoms with E-state index in [1.807, 2.05) is 26.0 Å². The number of hydrogen-bond acceptors (Lipinski definition) is 3. The van der Waals surface area contributed by atoms with Crippen LogP contribution in [0.25, 0.3) is 0 Å². The Balaban J connectivity index is 0.00000133. The average Bonchev–Trinajstić information content (AvgIpc) is 2.74. The topological polar surface area (TPSA) is 58.2 Å². The van der Waals surface area contributed by atoms with Crippen molar-refractivity contribution < 1.29 is 8.42 Å². The van der Waals surface area contributed by atoms with Crippen molar-refractivity contribution in [1.29, 1.82) is 0 Å². The van der Waals surface area contributed by atoms with Gasteiger partial charge in [-0.15, -0.1) is 12.4 Å². The van der Waals surface area contributed by atoms with Gasteiger partial charge in [-0.05, 0) is 50.4 Å². The molecule has 1 heterocycles. The standard InChI is InChI=1S/C13H18N2O2S.ClH/c1-8-3-4-12(9(2)5-8)18(16,17)15-13-10-6-14-7-11(10)13;/h3-5,10-11,13-15H,6-7H2,1-2H3;1H. The van der Waals surface area contributed by atoms with Gasteiger partial charge in [0.2, 0.25) is 10.0 Å². The molecular formula is C13H19ClN2O2S. The Labute approximate surface area is 120 Å². The van der Waals surface area contributed by atoms with Crippen LogP contribution in [-0.4, -0.2) is 27.5 Å². The van der Waals surface area contributed by atoms with E-state index in [4.69, 9.17) is 0 Å². The first-order valence-electron chi connectivity index (χ1n) is 6.29. The van der Waals surface area contributed by atoms with Crippen LogP contribution in [0.15, 0.2) is 23.1 Å². The summed E-state index contributed by atoms with van der Waals surface area (Å²) in [6, 6.07) is 5.58. The monoisotopic (exact) mass is 302 g/mol. The van der Waals surface area contributed by atoms with Gasteiger partial charge in [0, 0.05) is 6.04 Å². The van der Waals surface area contributed by atoms with Gasteiger partial charge in [0.1, 0.15) is 0 Å². The van der Waals surface area contributed by atoms with Crippen LogP contribution in [0.3, 0.4) is 0 Å². The fraction of sp³-hybridized carbons (Fsp3) is 0.538. The lowest BCUT2D eigenvalue weighted by Gasteiger charge is -2.11. The maximum atomic E-state index is 12.3. The van der Waals surface area contributed by atoms with Crippen molar-refractivity contribution >= 4 is 22.4 Å². The summed E-state index contributed by atoms with van der Waals surface area (Å²) >= 11 is 0. The van der Waals surface area contributed by atoms with Gasteiger partial charge in [0.05, 0.1) is 4.90 Å². The van der Waals surface area contributed by atoms with Crippen LogP contribution in [0.2, 0.25) is 0 Å². The highest BCUT2D eigenvalue weighted by Crippen LogP contribution is 2.42. The van der Waals surface area contributed by atoms with Gasteiger partial charge in [-0.2, -0.15) is 0 Å². The first kappa shape index (κ1) is 14.8. The molecule has 0 bridgehead atoms. The highest BCUT2D eigenvalue weighted by molar-refractivity contribution is 7.89. The Morgan fingerprint density at radius 3 is 2.42 bits per heavy atom. The maximum absolute atomic E-state index is 12.3. The molecule has 1 aromatic carbocycles. The number of halogens is 1. The summed E-state index contributed by atoms with van der Waals surface area (Å²) in [7, 11) is -3.36. The number of benzene rings is 1.